The summed E-state index contributed by atoms with van der Waals surface area (Å²) in [7, 11) is 0. The monoisotopic (exact) mass is 369 g/mol. The predicted octanol–water partition coefficient (Wildman–Crippen LogP) is -2.31. The molecule has 144 valence electrons. The maximum atomic E-state index is 12.1. The van der Waals surface area contributed by atoms with Crippen LogP contribution in [0.5, 0.6) is 5.75 Å². The Bertz CT molecular complexity index is 633. The van der Waals surface area contributed by atoms with Crippen molar-refractivity contribution in [2.45, 2.75) is 37.6 Å². The lowest BCUT2D eigenvalue weighted by Crippen LogP contribution is -2.57. The van der Waals surface area contributed by atoms with Gasteiger partial charge in [0.2, 0.25) is 11.8 Å². The molecule has 10 nitrogen and oxygen atoms in total. The third kappa shape index (κ3) is 6.31. The maximum Gasteiger partial charge on any atom is 0.328 e. The number of aliphatic hydroxyl groups excluding tert-OH is 2. The van der Waals surface area contributed by atoms with E-state index in [-0.39, 0.29) is 12.2 Å². The average molecular weight is 369 g/mol. The zero-order chi connectivity index (χ0) is 19.9. The van der Waals surface area contributed by atoms with Crippen molar-refractivity contribution in [2.75, 3.05) is 6.61 Å². The van der Waals surface area contributed by atoms with Gasteiger partial charge < -0.3 is 36.8 Å². The van der Waals surface area contributed by atoms with Crippen molar-refractivity contribution >= 4 is 17.8 Å². The summed E-state index contributed by atoms with van der Waals surface area (Å²) in [4.78, 5) is 35.1. The molecular weight excluding hydrogens is 346 g/mol. The van der Waals surface area contributed by atoms with Gasteiger partial charge in [-0.15, -0.1) is 0 Å². The molecule has 10 heteroatoms. The number of hydrogen-bond donors (Lipinski definition) is 7. The van der Waals surface area contributed by atoms with Gasteiger partial charge in [0.15, 0.2) is 6.04 Å². The van der Waals surface area contributed by atoms with Gasteiger partial charge in [-0.25, -0.2) is 4.79 Å². The van der Waals surface area contributed by atoms with E-state index in [1.807, 2.05) is 5.32 Å². The van der Waals surface area contributed by atoms with Crippen LogP contribution in [0.4, 0.5) is 0 Å². The molecule has 26 heavy (non-hydrogen) atoms. The van der Waals surface area contributed by atoms with Crippen LogP contribution in [-0.4, -0.2) is 69.0 Å². The fourth-order valence-corrected chi connectivity index (χ4v) is 2.09. The van der Waals surface area contributed by atoms with Gasteiger partial charge >= 0.3 is 5.97 Å². The number of carboxylic acid groups (broad SMARTS) is 1. The van der Waals surface area contributed by atoms with Crippen LogP contribution in [0.15, 0.2) is 24.3 Å². The van der Waals surface area contributed by atoms with Gasteiger partial charge in [0, 0.05) is 0 Å². The fourth-order valence-electron chi connectivity index (χ4n) is 2.09. The number of carboxylic acids is 1. The molecular formula is C16H23N3O7. The number of nitrogens with one attached hydrogen (secondary N) is 2. The van der Waals surface area contributed by atoms with Gasteiger partial charge in [0.1, 0.15) is 11.8 Å². The number of nitrogens with two attached hydrogens (primary N) is 1. The number of benzene rings is 1. The van der Waals surface area contributed by atoms with Crippen LogP contribution in [0, 0.1) is 0 Å². The van der Waals surface area contributed by atoms with Crippen molar-refractivity contribution < 1.29 is 34.8 Å². The molecule has 1 aromatic carbocycles. The predicted molar refractivity (Wildman–Crippen MR) is 90.1 cm³/mol. The summed E-state index contributed by atoms with van der Waals surface area (Å²) in [6, 6.07) is 2.00. The van der Waals surface area contributed by atoms with Crippen LogP contribution in [-0.2, 0) is 20.8 Å². The number of aliphatic carboxylic acids is 1. The van der Waals surface area contributed by atoms with Crippen LogP contribution >= 0.6 is 0 Å². The molecule has 0 bridgehead atoms. The number of phenolic OH excluding ortho intramolecular Hbond substituents is 1. The Morgan fingerprint density at radius 2 is 1.69 bits per heavy atom. The minimum Gasteiger partial charge on any atom is -0.508 e. The standard InChI is InChI=1S/C16H23N3O7/c1-8(21)13(16(25)26)19-15(24)12(7-20)18-14(23)11(17)6-9-2-4-10(22)5-3-9/h2-5,8,11-13,20-22H,6-7,17H2,1H3,(H,18,23)(H,19,24)(H,25,26). The zero-order valence-corrected chi connectivity index (χ0v) is 14.1. The van der Waals surface area contributed by atoms with Crippen molar-refractivity contribution in [3.8, 4) is 5.75 Å². The second-order valence-corrected chi connectivity index (χ2v) is 5.79. The van der Waals surface area contributed by atoms with E-state index in [2.05, 4.69) is 5.32 Å². The lowest BCUT2D eigenvalue weighted by atomic mass is 10.1. The molecule has 0 saturated heterocycles. The van der Waals surface area contributed by atoms with Crippen LogP contribution in [0.3, 0.4) is 0 Å². The molecule has 1 aromatic rings. The molecule has 0 aliphatic heterocycles. The van der Waals surface area contributed by atoms with Gasteiger partial charge in [-0.2, -0.15) is 0 Å². The molecule has 2 amide bonds. The minimum absolute atomic E-state index is 0.0647. The summed E-state index contributed by atoms with van der Waals surface area (Å²) < 4.78 is 0. The van der Waals surface area contributed by atoms with Crippen LogP contribution < -0.4 is 16.4 Å². The lowest BCUT2D eigenvalue weighted by Gasteiger charge is -2.22. The third-order valence-corrected chi connectivity index (χ3v) is 3.59. The number of phenols is 1. The number of amides is 2. The largest absolute Gasteiger partial charge is 0.508 e. The Labute approximate surface area is 149 Å². The Hall–Kier alpha value is -2.69. The van der Waals surface area contributed by atoms with Gasteiger partial charge in [0.05, 0.1) is 18.8 Å². The van der Waals surface area contributed by atoms with Crippen molar-refractivity contribution in [2.24, 2.45) is 5.73 Å². The molecule has 0 radical (unpaired) electrons. The topological polar surface area (TPSA) is 182 Å². The highest BCUT2D eigenvalue weighted by molar-refractivity contribution is 5.92. The highest BCUT2D eigenvalue weighted by Crippen LogP contribution is 2.11. The van der Waals surface area contributed by atoms with E-state index < -0.39 is 48.6 Å². The summed E-state index contributed by atoms with van der Waals surface area (Å²) in [5, 5.41) is 41.1. The first-order valence-corrected chi connectivity index (χ1v) is 7.81. The van der Waals surface area contributed by atoms with Crippen molar-refractivity contribution in [3.05, 3.63) is 29.8 Å². The highest BCUT2D eigenvalue weighted by Gasteiger charge is 2.30. The van der Waals surface area contributed by atoms with E-state index in [9.17, 15) is 29.7 Å². The maximum absolute atomic E-state index is 12.1. The first kappa shape index (κ1) is 21.4. The fraction of sp³-hybridized carbons (Fsp3) is 0.438. The molecule has 0 aliphatic rings. The SMILES string of the molecule is CC(O)C(NC(=O)C(CO)NC(=O)C(N)Cc1ccc(O)cc1)C(=O)O. The van der Waals surface area contributed by atoms with E-state index in [0.717, 1.165) is 0 Å². The van der Waals surface area contributed by atoms with E-state index in [1.165, 1.54) is 19.1 Å². The molecule has 0 heterocycles. The number of rotatable bonds is 9. The average Bonchev–Trinajstić information content (AvgIpc) is 2.58. The lowest BCUT2D eigenvalue weighted by molar-refractivity contribution is -0.145. The summed E-state index contributed by atoms with van der Waals surface area (Å²) >= 11 is 0. The van der Waals surface area contributed by atoms with Gasteiger partial charge in [-0.05, 0) is 31.0 Å². The summed E-state index contributed by atoms with van der Waals surface area (Å²) in [5.41, 5.74) is 6.44. The number of carbonyl (C=O) groups is 3. The Morgan fingerprint density at radius 3 is 2.15 bits per heavy atom. The molecule has 1 rings (SSSR count). The van der Waals surface area contributed by atoms with Gasteiger partial charge in [0.25, 0.3) is 0 Å². The van der Waals surface area contributed by atoms with Crippen molar-refractivity contribution in [3.63, 3.8) is 0 Å². The number of aliphatic hydroxyl groups is 2. The van der Waals surface area contributed by atoms with Gasteiger partial charge in [-0.1, -0.05) is 12.1 Å². The molecule has 0 fully saturated rings. The minimum atomic E-state index is -1.58. The Kier molecular flexibility index (Phi) is 7.97. The second-order valence-electron chi connectivity index (χ2n) is 5.79. The first-order chi connectivity index (χ1) is 12.1. The molecule has 0 saturated carbocycles. The summed E-state index contributed by atoms with van der Waals surface area (Å²) in [6.07, 6.45) is -1.25. The van der Waals surface area contributed by atoms with E-state index >= 15 is 0 Å². The van der Waals surface area contributed by atoms with E-state index in [4.69, 9.17) is 10.8 Å². The van der Waals surface area contributed by atoms with E-state index in [1.54, 1.807) is 12.1 Å². The molecule has 4 atom stereocenters. The Balaban J connectivity index is 2.67. The van der Waals surface area contributed by atoms with Crippen molar-refractivity contribution in [1.82, 2.24) is 10.6 Å². The summed E-state index contributed by atoms with van der Waals surface area (Å²) in [6.45, 7) is 0.398. The molecule has 4 unspecified atom stereocenters. The number of carbonyl (C=O) groups excluding carboxylic acids is 2. The van der Waals surface area contributed by atoms with Crippen molar-refractivity contribution in [1.29, 1.82) is 0 Å². The molecule has 0 aliphatic carbocycles. The van der Waals surface area contributed by atoms with Crippen LogP contribution in [0.25, 0.3) is 0 Å². The number of aromatic hydroxyl groups is 1. The normalized spacial score (nSPS) is 15.4. The van der Waals surface area contributed by atoms with Gasteiger partial charge in [-0.3, -0.25) is 9.59 Å². The third-order valence-electron chi connectivity index (χ3n) is 3.59. The second kappa shape index (κ2) is 9.70. The van der Waals surface area contributed by atoms with Crippen LogP contribution in [0.1, 0.15) is 12.5 Å². The zero-order valence-electron chi connectivity index (χ0n) is 14.1. The quantitative estimate of drug-likeness (QED) is 0.253. The number of hydrogen-bond acceptors (Lipinski definition) is 7. The smallest absolute Gasteiger partial charge is 0.328 e. The van der Waals surface area contributed by atoms with Crippen LogP contribution in [0.2, 0.25) is 0 Å². The summed E-state index contributed by atoms with van der Waals surface area (Å²) in [5.74, 6) is -3.09. The molecule has 8 N–H and O–H groups in total. The Morgan fingerprint density at radius 1 is 1.12 bits per heavy atom. The highest BCUT2D eigenvalue weighted by atomic mass is 16.4. The first-order valence-electron chi connectivity index (χ1n) is 7.81. The molecule has 0 aromatic heterocycles. The molecule has 0 spiro atoms. The van der Waals surface area contributed by atoms with E-state index in [0.29, 0.717) is 5.56 Å².